The van der Waals surface area contributed by atoms with Crippen LogP contribution >= 0.6 is 11.3 Å². The van der Waals surface area contributed by atoms with Crippen LogP contribution in [0.25, 0.3) is 10.7 Å². The number of hydrogen-bond acceptors (Lipinski definition) is 7. The van der Waals surface area contributed by atoms with Crippen LogP contribution < -0.4 is 0 Å². The molecule has 1 N–H and O–H groups in total. The van der Waals surface area contributed by atoms with Gasteiger partial charge in [-0.15, -0.1) is 31.8 Å². The fourth-order valence-electron chi connectivity index (χ4n) is 3.18. The maximum absolute atomic E-state index is 13.2. The Morgan fingerprint density at radius 2 is 2.19 bits per heavy atom. The number of nitrogens with one attached hydrogen (secondary N) is 1. The van der Waals surface area contributed by atoms with Crippen molar-refractivity contribution < 1.29 is 18.0 Å². The monoisotopic (exact) mass is 385 g/mol. The van der Waals surface area contributed by atoms with Crippen LogP contribution in [-0.4, -0.2) is 55.9 Å². The molecule has 0 saturated carbocycles. The first-order chi connectivity index (χ1) is 12.4. The van der Waals surface area contributed by atoms with Crippen LogP contribution in [0.1, 0.15) is 36.0 Å². The number of hydrogen-bond donors (Lipinski definition) is 1. The second kappa shape index (κ2) is 6.11. The van der Waals surface area contributed by atoms with Gasteiger partial charge in [-0.05, 0) is 30.5 Å². The SMILES string of the molecule is O=C(c1csc(-c2nn[nH]n2)c1)N1CCCCC1CC1(C(F)(F)F)N=N1. The molecule has 0 bridgehead atoms. The number of aromatic amines is 1. The fraction of sp³-hybridized carbons (Fsp3) is 0.571. The normalized spacial score (nSPS) is 21.8. The largest absolute Gasteiger partial charge is 0.437 e. The lowest BCUT2D eigenvalue weighted by atomic mass is 9.93. The number of carbonyl (C=O) groups excluding carboxylic acids is 1. The Bertz CT molecular complexity index is 826. The Hall–Kier alpha value is -2.37. The third kappa shape index (κ3) is 2.97. The number of thiophene rings is 1. The maximum atomic E-state index is 13.2. The number of tetrazole rings is 1. The molecule has 12 heteroatoms. The highest BCUT2D eigenvalue weighted by atomic mass is 32.1. The first-order valence-electron chi connectivity index (χ1n) is 8.04. The van der Waals surface area contributed by atoms with E-state index in [0.29, 0.717) is 29.2 Å². The number of rotatable bonds is 4. The molecule has 0 spiro atoms. The van der Waals surface area contributed by atoms with Gasteiger partial charge in [-0.2, -0.15) is 18.4 Å². The van der Waals surface area contributed by atoms with Crippen molar-refractivity contribution in [1.82, 2.24) is 25.5 Å². The van der Waals surface area contributed by atoms with Crippen molar-refractivity contribution >= 4 is 17.2 Å². The number of likely N-dealkylation sites (tertiary alicyclic amines) is 1. The van der Waals surface area contributed by atoms with Crippen LogP contribution in [0, 0.1) is 0 Å². The molecule has 1 amide bonds. The second-order valence-electron chi connectivity index (χ2n) is 6.30. The van der Waals surface area contributed by atoms with Crippen molar-refractivity contribution in [2.75, 3.05) is 6.54 Å². The smallest absolute Gasteiger partial charge is 0.335 e. The predicted octanol–water partition coefficient (Wildman–Crippen LogP) is 3.04. The molecule has 1 saturated heterocycles. The summed E-state index contributed by atoms with van der Waals surface area (Å²) >= 11 is 1.28. The molecule has 0 radical (unpaired) electrons. The fourth-order valence-corrected chi connectivity index (χ4v) is 3.99. The summed E-state index contributed by atoms with van der Waals surface area (Å²) in [4.78, 5) is 15.1. The number of alkyl halides is 3. The lowest BCUT2D eigenvalue weighted by molar-refractivity contribution is -0.168. The number of carbonyl (C=O) groups is 1. The molecule has 26 heavy (non-hydrogen) atoms. The van der Waals surface area contributed by atoms with Gasteiger partial charge < -0.3 is 4.90 Å². The van der Waals surface area contributed by atoms with Gasteiger partial charge in [-0.25, -0.2) is 0 Å². The molecular formula is C14H14F3N7OS. The number of amides is 1. The van der Waals surface area contributed by atoms with Gasteiger partial charge in [0, 0.05) is 24.4 Å². The molecule has 1 atom stereocenters. The molecule has 4 rings (SSSR count). The number of nitrogens with zero attached hydrogens (tertiary/aromatic N) is 6. The summed E-state index contributed by atoms with van der Waals surface area (Å²) in [5.74, 6) is 0.0783. The summed E-state index contributed by atoms with van der Waals surface area (Å²) in [5.41, 5.74) is -1.93. The molecule has 0 aliphatic carbocycles. The van der Waals surface area contributed by atoms with E-state index < -0.39 is 17.9 Å². The van der Waals surface area contributed by atoms with E-state index in [4.69, 9.17) is 0 Å². The van der Waals surface area contributed by atoms with Crippen molar-refractivity contribution in [2.45, 2.75) is 43.6 Å². The summed E-state index contributed by atoms with van der Waals surface area (Å²) in [6.45, 7) is 0.421. The van der Waals surface area contributed by atoms with E-state index >= 15 is 0 Å². The predicted molar refractivity (Wildman–Crippen MR) is 84.4 cm³/mol. The van der Waals surface area contributed by atoms with Crippen molar-refractivity contribution in [3.8, 4) is 10.7 Å². The number of piperidine rings is 1. The molecule has 0 aromatic carbocycles. The van der Waals surface area contributed by atoms with E-state index in [9.17, 15) is 18.0 Å². The third-order valence-electron chi connectivity index (χ3n) is 4.62. The van der Waals surface area contributed by atoms with Crippen LogP contribution in [0.15, 0.2) is 21.7 Å². The first-order valence-corrected chi connectivity index (χ1v) is 8.92. The van der Waals surface area contributed by atoms with Crippen LogP contribution in [0.4, 0.5) is 13.2 Å². The quantitative estimate of drug-likeness (QED) is 0.874. The van der Waals surface area contributed by atoms with Gasteiger partial charge in [0.25, 0.3) is 11.6 Å². The summed E-state index contributed by atoms with van der Waals surface area (Å²) in [7, 11) is 0. The van der Waals surface area contributed by atoms with Crippen molar-refractivity contribution in [3.05, 3.63) is 17.0 Å². The lowest BCUT2D eigenvalue weighted by Gasteiger charge is -2.37. The number of aromatic nitrogens is 4. The number of H-pyrrole nitrogens is 1. The highest BCUT2D eigenvalue weighted by Gasteiger charge is 2.64. The molecule has 2 aromatic heterocycles. The standard InChI is InChI=1S/C14H14F3N7OS/c15-14(16,17)13(20-21-13)6-9-3-1-2-4-24(9)12(25)8-5-10(26-7-8)11-18-22-23-19-11/h5,7,9H,1-4,6H2,(H,18,19,22,23). The van der Waals surface area contributed by atoms with E-state index in [0.717, 1.165) is 12.8 Å². The molecule has 8 nitrogen and oxygen atoms in total. The van der Waals surface area contributed by atoms with Crippen molar-refractivity contribution in [3.63, 3.8) is 0 Å². The van der Waals surface area contributed by atoms with Crippen LogP contribution in [0.2, 0.25) is 0 Å². The first kappa shape index (κ1) is 17.1. The molecular weight excluding hydrogens is 371 g/mol. The van der Waals surface area contributed by atoms with Crippen LogP contribution in [0.3, 0.4) is 0 Å². The molecule has 1 fully saturated rings. The zero-order valence-electron chi connectivity index (χ0n) is 13.4. The summed E-state index contributed by atoms with van der Waals surface area (Å²) < 4.78 is 39.5. The summed E-state index contributed by atoms with van der Waals surface area (Å²) in [5, 5.41) is 21.7. The van der Waals surface area contributed by atoms with E-state index in [-0.39, 0.29) is 12.3 Å². The molecule has 138 valence electrons. The lowest BCUT2D eigenvalue weighted by Crippen LogP contribution is -2.48. The van der Waals surface area contributed by atoms with Gasteiger partial charge >= 0.3 is 6.18 Å². The Morgan fingerprint density at radius 3 is 2.85 bits per heavy atom. The topological polar surface area (TPSA) is 99.5 Å². The number of halogens is 3. The van der Waals surface area contributed by atoms with Gasteiger partial charge in [0.15, 0.2) is 0 Å². The molecule has 2 aliphatic heterocycles. The summed E-state index contributed by atoms with van der Waals surface area (Å²) in [6.07, 6.45) is -2.79. The Balaban J connectivity index is 1.52. The average molecular weight is 385 g/mol. The van der Waals surface area contributed by atoms with Crippen molar-refractivity contribution in [2.24, 2.45) is 10.2 Å². The highest BCUT2D eigenvalue weighted by molar-refractivity contribution is 7.13. The van der Waals surface area contributed by atoms with E-state index in [1.165, 1.54) is 16.2 Å². The van der Waals surface area contributed by atoms with E-state index in [1.807, 2.05) is 0 Å². The van der Waals surface area contributed by atoms with Gasteiger partial charge in [-0.3, -0.25) is 4.79 Å². The average Bonchev–Trinajstić information content (AvgIpc) is 3.03. The third-order valence-corrected chi connectivity index (χ3v) is 5.54. The van der Waals surface area contributed by atoms with Gasteiger partial charge in [0.1, 0.15) is 0 Å². The van der Waals surface area contributed by atoms with Gasteiger partial charge in [0.05, 0.1) is 10.4 Å². The van der Waals surface area contributed by atoms with Gasteiger partial charge in [-0.1, -0.05) is 0 Å². The minimum atomic E-state index is -4.52. The minimum absolute atomic E-state index is 0.293. The van der Waals surface area contributed by atoms with Crippen molar-refractivity contribution in [1.29, 1.82) is 0 Å². The highest BCUT2D eigenvalue weighted by Crippen LogP contribution is 2.49. The minimum Gasteiger partial charge on any atom is -0.335 e. The zero-order valence-corrected chi connectivity index (χ0v) is 14.2. The molecule has 1 unspecified atom stereocenters. The Kier molecular flexibility index (Phi) is 4.01. The van der Waals surface area contributed by atoms with E-state index in [2.05, 4.69) is 30.9 Å². The van der Waals surface area contributed by atoms with Crippen LogP contribution in [-0.2, 0) is 0 Å². The molecule has 2 aliphatic rings. The van der Waals surface area contributed by atoms with Gasteiger partial charge in [0.2, 0.25) is 5.82 Å². The Morgan fingerprint density at radius 1 is 1.38 bits per heavy atom. The maximum Gasteiger partial charge on any atom is 0.437 e. The second-order valence-corrected chi connectivity index (χ2v) is 7.21. The van der Waals surface area contributed by atoms with E-state index in [1.54, 1.807) is 11.4 Å². The Labute approximate surface area is 149 Å². The molecule has 4 heterocycles. The zero-order chi connectivity index (χ0) is 18.4. The van der Waals surface area contributed by atoms with Crippen LogP contribution in [0.5, 0.6) is 0 Å². The molecule has 2 aromatic rings. The summed E-state index contributed by atoms with van der Waals surface area (Å²) in [6, 6.07) is 1.09.